The number of imidazole rings is 1. The summed E-state index contributed by atoms with van der Waals surface area (Å²) < 4.78 is 17.8. The molecule has 0 bridgehead atoms. The van der Waals surface area contributed by atoms with E-state index < -0.39 is 18.4 Å². The largest absolute Gasteiger partial charge is 0.394 e. The molecule has 0 aliphatic carbocycles. The van der Waals surface area contributed by atoms with Crippen molar-refractivity contribution in [2.45, 2.75) is 25.4 Å². The molecule has 2 aromatic rings. The van der Waals surface area contributed by atoms with Crippen molar-refractivity contribution in [1.29, 1.82) is 0 Å². The van der Waals surface area contributed by atoms with E-state index in [2.05, 4.69) is 24.4 Å². The van der Waals surface area contributed by atoms with Crippen molar-refractivity contribution < 1.29 is 19.1 Å². The molecule has 0 fully saturated rings. The molecular formula is C12H20N5O4P. The molecule has 122 valence electrons. The highest BCUT2D eigenvalue weighted by Gasteiger charge is 2.25. The van der Waals surface area contributed by atoms with Crippen molar-refractivity contribution in [3.63, 3.8) is 0 Å². The van der Waals surface area contributed by atoms with Crippen LogP contribution in [-0.2, 0) is 14.0 Å². The van der Waals surface area contributed by atoms with Crippen molar-refractivity contribution >= 4 is 26.4 Å². The number of ether oxygens (including phenoxy) is 2. The number of nitrogens with two attached hydrogens (primary N) is 1. The molecule has 0 aliphatic rings. The summed E-state index contributed by atoms with van der Waals surface area (Å²) in [4.78, 5) is 12.2. The number of hydrogen-bond donors (Lipinski definition) is 2. The summed E-state index contributed by atoms with van der Waals surface area (Å²) in [7, 11) is 3.71. The summed E-state index contributed by atoms with van der Waals surface area (Å²) >= 11 is 0. The molecule has 0 aliphatic heterocycles. The van der Waals surface area contributed by atoms with Gasteiger partial charge in [-0.1, -0.05) is 0 Å². The molecule has 4 unspecified atom stereocenters. The minimum absolute atomic E-state index is 0.212. The lowest BCUT2D eigenvalue weighted by molar-refractivity contribution is -0.117. The van der Waals surface area contributed by atoms with E-state index in [0.29, 0.717) is 23.6 Å². The Morgan fingerprint density at radius 3 is 2.77 bits per heavy atom. The smallest absolute Gasteiger partial charge is 0.167 e. The van der Waals surface area contributed by atoms with Crippen LogP contribution in [0.4, 0.5) is 5.82 Å². The van der Waals surface area contributed by atoms with Gasteiger partial charge < -0.3 is 24.8 Å². The lowest BCUT2D eigenvalue weighted by atomic mass is 10.2. The van der Waals surface area contributed by atoms with Gasteiger partial charge in [0.2, 0.25) is 0 Å². The zero-order chi connectivity index (χ0) is 16.1. The SMILES string of the molecule is COCC(OP)C(CO)OC(C)n1cnc2c(N)ncnc21. The first-order valence-electron chi connectivity index (χ1n) is 6.66. The number of methoxy groups -OCH3 is 1. The Hall–Kier alpha value is -1.38. The molecule has 22 heavy (non-hydrogen) atoms. The number of anilines is 1. The van der Waals surface area contributed by atoms with E-state index in [-0.39, 0.29) is 6.61 Å². The average Bonchev–Trinajstić information content (AvgIpc) is 2.96. The van der Waals surface area contributed by atoms with E-state index in [1.807, 2.05) is 6.92 Å². The number of rotatable bonds is 8. The van der Waals surface area contributed by atoms with Crippen molar-refractivity contribution in [1.82, 2.24) is 19.5 Å². The summed E-state index contributed by atoms with van der Waals surface area (Å²) in [6.45, 7) is 1.90. The molecule has 2 aromatic heterocycles. The summed E-state index contributed by atoms with van der Waals surface area (Å²) in [6.07, 6.45) is 1.52. The van der Waals surface area contributed by atoms with Gasteiger partial charge in [0.15, 0.2) is 11.5 Å². The van der Waals surface area contributed by atoms with E-state index in [0.717, 1.165) is 0 Å². The molecule has 0 saturated heterocycles. The zero-order valence-electron chi connectivity index (χ0n) is 12.4. The van der Waals surface area contributed by atoms with Gasteiger partial charge in [-0.2, -0.15) is 0 Å². The predicted octanol–water partition coefficient (Wildman–Crippen LogP) is 0.126. The number of hydrogen-bond acceptors (Lipinski definition) is 8. The summed E-state index contributed by atoms with van der Waals surface area (Å²) in [5, 5.41) is 9.52. The van der Waals surface area contributed by atoms with Gasteiger partial charge in [0.1, 0.15) is 30.3 Å². The molecule has 3 N–H and O–H groups in total. The Bertz CT molecular complexity index is 610. The number of aliphatic hydroxyl groups is 1. The van der Waals surface area contributed by atoms with E-state index >= 15 is 0 Å². The maximum atomic E-state index is 9.52. The van der Waals surface area contributed by atoms with Crippen LogP contribution in [0.25, 0.3) is 11.2 Å². The molecule has 2 rings (SSSR count). The van der Waals surface area contributed by atoms with Crippen molar-refractivity contribution in [2.24, 2.45) is 0 Å². The number of nitrogens with zero attached hydrogens (tertiary/aromatic N) is 4. The molecule has 9 nitrogen and oxygen atoms in total. The van der Waals surface area contributed by atoms with E-state index in [1.165, 1.54) is 6.33 Å². The fraction of sp³-hybridized carbons (Fsp3) is 0.583. The molecule has 0 spiro atoms. The van der Waals surface area contributed by atoms with Crippen LogP contribution in [0.1, 0.15) is 13.2 Å². The van der Waals surface area contributed by atoms with Crippen LogP contribution in [0.15, 0.2) is 12.7 Å². The molecule has 0 aromatic carbocycles. The van der Waals surface area contributed by atoms with Crippen LogP contribution in [0.3, 0.4) is 0 Å². The minimum Gasteiger partial charge on any atom is -0.394 e. The Labute approximate surface area is 130 Å². The van der Waals surface area contributed by atoms with Gasteiger partial charge in [-0.3, -0.25) is 4.57 Å². The highest BCUT2D eigenvalue weighted by molar-refractivity contribution is 7.09. The van der Waals surface area contributed by atoms with Gasteiger partial charge in [0.25, 0.3) is 0 Å². The number of aromatic nitrogens is 4. The first-order chi connectivity index (χ1) is 10.6. The van der Waals surface area contributed by atoms with Crippen LogP contribution in [-0.4, -0.2) is 57.2 Å². The fourth-order valence-electron chi connectivity index (χ4n) is 2.10. The van der Waals surface area contributed by atoms with Crippen LogP contribution in [0.2, 0.25) is 0 Å². The average molecular weight is 329 g/mol. The van der Waals surface area contributed by atoms with Crippen molar-refractivity contribution in [3.05, 3.63) is 12.7 Å². The number of nitrogen functional groups attached to an aromatic ring is 1. The summed E-state index contributed by atoms with van der Waals surface area (Å²) in [5.74, 6) is 0.306. The third-order valence-corrected chi connectivity index (χ3v) is 3.60. The molecule has 4 atom stereocenters. The lowest BCUT2D eigenvalue weighted by Crippen LogP contribution is -2.37. The Morgan fingerprint density at radius 1 is 1.36 bits per heavy atom. The monoisotopic (exact) mass is 329 g/mol. The normalized spacial score (nSPS) is 15.8. The topological polar surface area (TPSA) is 118 Å². The van der Waals surface area contributed by atoms with E-state index in [4.69, 9.17) is 19.7 Å². The second-order valence-electron chi connectivity index (χ2n) is 4.67. The first kappa shape index (κ1) is 17.0. The Balaban J connectivity index is 2.19. The minimum atomic E-state index is -0.566. The number of aliphatic hydroxyl groups excluding tert-OH is 1. The second-order valence-corrected chi connectivity index (χ2v) is 4.94. The lowest BCUT2D eigenvalue weighted by Gasteiger charge is -2.27. The maximum Gasteiger partial charge on any atom is 0.167 e. The van der Waals surface area contributed by atoms with Gasteiger partial charge in [-0.15, -0.1) is 0 Å². The molecular weight excluding hydrogens is 309 g/mol. The first-order valence-corrected chi connectivity index (χ1v) is 7.13. The Morgan fingerprint density at radius 2 is 2.14 bits per heavy atom. The van der Waals surface area contributed by atoms with Crippen molar-refractivity contribution in [2.75, 3.05) is 26.1 Å². The summed E-state index contributed by atoms with van der Waals surface area (Å²) in [5.41, 5.74) is 6.83. The fourth-order valence-corrected chi connectivity index (χ4v) is 2.36. The molecule has 10 heteroatoms. The van der Waals surface area contributed by atoms with Gasteiger partial charge in [0, 0.05) is 16.6 Å². The maximum absolute atomic E-state index is 9.52. The van der Waals surface area contributed by atoms with Crippen LogP contribution in [0.5, 0.6) is 0 Å². The van der Waals surface area contributed by atoms with Gasteiger partial charge >= 0.3 is 0 Å². The highest BCUT2D eigenvalue weighted by Crippen LogP contribution is 2.21. The van der Waals surface area contributed by atoms with Gasteiger partial charge in [0.05, 0.1) is 19.5 Å². The van der Waals surface area contributed by atoms with Gasteiger partial charge in [-0.25, -0.2) is 15.0 Å². The van der Waals surface area contributed by atoms with Crippen LogP contribution >= 0.6 is 9.47 Å². The third kappa shape index (κ3) is 3.50. The molecule has 0 amide bonds. The molecule has 0 radical (unpaired) electrons. The van der Waals surface area contributed by atoms with E-state index in [1.54, 1.807) is 18.0 Å². The molecule has 2 heterocycles. The highest BCUT2D eigenvalue weighted by atomic mass is 31.0. The standard InChI is InChI=1S/C12H20N5O4P/c1-7(20-8(3-18)9(21-22)4-19-2)17-6-16-10-11(13)14-5-15-12(10)17/h5-9,18H,3-4,22H2,1-2H3,(H2,13,14,15). The second kappa shape index (κ2) is 7.75. The van der Waals surface area contributed by atoms with Crippen LogP contribution < -0.4 is 5.73 Å². The summed E-state index contributed by atoms with van der Waals surface area (Å²) in [6, 6.07) is 0. The quantitative estimate of drug-likeness (QED) is 0.656. The zero-order valence-corrected chi connectivity index (χ0v) is 13.6. The number of fused-ring (bicyclic) bond motifs is 1. The van der Waals surface area contributed by atoms with E-state index in [9.17, 15) is 5.11 Å². The molecule has 0 saturated carbocycles. The third-order valence-electron chi connectivity index (χ3n) is 3.25. The van der Waals surface area contributed by atoms with Crippen LogP contribution in [0, 0.1) is 0 Å². The Kier molecular flexibility index (Phi) is 5.98. The van der Waals surface area contributed by atoms with Crippen molar-refractivity contribution in [3.8, 4) is 0 Å². The predicted molar refractivity (Wildman–Crippen MR) is 82.9 cm³/mol. The van der Waals surface area contributed by atoms with Gasteiger partial charge in [-0.05, 0) is 6.92 Å².